The van der Waals surface area contributed by atoms with E-state index in [0.717, 1.165) is 12.8 Å². The average Bonchev–Trinajstić information content (AvgIpc) is 3.38. The van der Waals surface area contributed by atoms with Crippen LogP contribution in [0.2, 0.25) is 0 Å². The van der Waals surface area contributed by atoms with Crippen LogP contribution in [0.3, 0.4) is 0 Å². The van der Waals surface area contributed by atoms with Crippen molar-refractivity contribution in [3.63, 3.8) is 0 Å². The summed E-state index contributed by atoms with van der Waals surface area (Å²) < 4.78 is 24.4. The number of hydrogen-bond acceptors (Lipinski definition) is 5. The second-order valence-corrected chi connectivity index (χ2v) is 11.3. The van der Waals surface area contributed by atoms with Gasteiger partial charge in [0.15, 0.2) is 13.6 Å². The van der Waals surface area contributed by atoms with Gasteiger partial charge in [-0.15, -0.1) is 17.3 Å². The molecule has 2 heterocycles. The van der Waals surface area contributed by atoms with E-state index >= 15 is 0 Å². The van der Waals surface area contributed by atoms with E-state index in [4.69, 9.17) is 30.5 Å². The van der Waals surface area contributed by atoms with Gasteiger partial charge in [-0.25, -0.2) is 0 Å². The van der Waals surface area contributed by atoms with Crippen molar-refractivity contribution in [3.8, 4) is 0 Å². The van der Waals surface area contributed by atoms with Gasteiger partial charge < -0.3 is 24.1 Å². The molecule has 6 heteroatoms. The van der Waals surface area contributed by atoms with Gasteiger partial charge in [0.25, 0.3) is 0 Å². The first-order valence-corrected chi connectivity index (χ1v) is 11.7. The number of fused-ring (bicyclic) bond motifs is 7. The Kier molecular flexibility index (Phi) is 4.15. The third kappa shape index (κ3) is 2.09. The first-order chi connectivity index (χ1) is 14.3. The van der Waals surface area contributed by atoms with Crippen LogP contribution in [0.25, 0.3) is 0 Å². The molecule has 4 aliphatic carbocycles. The van der Waals surface area contributed by atoms with Gasteiger partial charge in [-0.2, -0.15) is 0 Å². The molecule has 5 nitrogen and oxygen atoms in total. The Labute approximate surface area is 183 Å². The minimum Gasteiger partial charge on any atom is -0.393 e. The van der Waals surface area contributed by atoms with Crippen LogP contribution >= 0.6 is 11.6 Å². The van der Waals surface area contributed by atoms with E-state index in [1.165, 1.54) is 5.57 Å². The highest BCUT2D eigenvalue weighted by Crippen LogP contribution is 2.72. The molecule has 0 amide bonds. The Morgan fingerprint density at radius 1 is 1.20 bits per heavy atom. The van der Waals surface area contributed by atoms with Crippen molar-refractivity contribution in [1.82, 2.24) is 0 Å². The number of halogens is 1. The Morgan fingerprint density at radius 3 is 2.77 bits per heavy atom. The molecule has 6 rings (SSSR count). The Morgan fingerprint density at radius 2 is 2.00 bits per heavy atom. The topological polar surface area (TPSA) is 57.2 Å². The van der Waals surface area contributed by atoms with Crippen molar-refractivity contribution in [1.29, 1.82) is 0 Å². The van der Waals surface area contributed by atoms with Crippen molar-refractivity contribution in [2.24, 2.45) is 34.5 Å². The first kappa shape index (κ1) is 20.0. The van der Waals surface area contributed by atoms with Crippen LogP contribution in [0.4, 0.5) is 0 Å². The van der Waals surface area contributed by atoms with E-state index in [1.807, 2.05) is 6.08 Å². The van der Waals surface area contributed by atoms with Gasteiger partial charge in [0.05, 0.1) is 6.10 Å². The maximum atomic E-state index is 11.7. The summed E-state index contributed by atoms with van der Waals surface area (Å²) in [7, 11) is 0. The first-order valence-electron chi connectivity index (χ1n) is 11.2. The normalized spacial score (nSPS) is 58.8. The van der Waals surface area contributed by atoms with Gasteiger partial charge >= 0.3 is 0 Å². The lowest BCUT2D eigenvalue weighted by molar-refractivity contribution is -0.265. The number of hydrogen-bond donors (Lipinski definition) is 1. The number of rotatable bonds is 0. The maximum Gasteiger partial charge on any atom is 0.227 e. The van der Waals surface area contributed by atoms with Crippen molar-refractivity contribution in [3.05, 3.63) is 29.5 Å². The van der Waals surface area contributed by atoms with Crippen LogP contribution in [0.5, 0.6) is 0 Å². The molecule has 30 heavy (non-hydrogen) atoms. The number of allylic oxidation sites excluding steroid dienone is 3. The quantitative estimate of drug-likeness (QED) is 0.464. The number of aliphatic hydroxyl groups is 1. The predicted molar refractivity (Wildman–Crippen MR) is 110 cm³/mol. The van der Waals surface area contributed by atoms with Gasteiger partial charge in [-0.05, 0) is 49.2 Å². The summed E-state index contributed by atoms with van der Waals surface area (Å²) in [6.07, 6.45) is 8.26. The predicted octanol–water partition coefficient (Wildman–Crippen LogP) is 3.76. The second-order valence-electron chi connectivity index (χ2n) is 10.7. The molecule has 0 aromatic rings. The molecule has 3 saturated carbocycles. The summed E-state index contributed by atoms with van der Waals surface area (Å²) in [6, 6.07) is 0. The Hall–Kier alpha value is -0.650. The zero-order valence-electron chi connectivity index (χ0n) is 17.9. The standard InChI is InChI=1S/C24H31ClO5/c1-14-8-16-19-17(25)9-15-6-4-5-7-21(15,2)20(19)18(26)10-22(16,3)24(14)23(29-13-30-24)11-27-12-28-23/h4,6-7,14,16-20,26H,8-13H2,1-3H3/t14-,16+,17-,18+,19-,20+,21+,22+,23?,24-/m1/s1. The number of ether oxygens (including phenoxy) is 4. The summed E-state index contributed by atoms with van der Waals surface area (Å²) in [4.78, 5) is 0. The molecule has 10 atom stereocenters. The summed E-state index contributed by atoms with van der Waals surface area (Å²) in [6.45, 7) is 7.55. The van der Waals surface area contributed by atoms with Gasteiger partial charge in [-0.3, -0.25) is 0 Å². The van der Waals surface area contributed by atoms with E-state index < -0.39 is 17.5 Å². The van der Waals surface area contributed by atoms with Crippen LogP contribution in [-0.4, -0.2) is 48.2 Å². The van der Waals surface area contributed by atoms with Crippen molar-refractivity contribution in [2.75, 3.05) is 20.2 Å². The van der Waals surface area contributed by atoms with Gasteiger partial charge in [0.2, 0.25) is 5.79 Å². The summed E-state index contributed by atoms with van der Waals surface area (Å²) >= 11 is 7.13. The zero-order valence-corrected chi connectivity index (χ0v) is 18.7. The van der Waals surface area contributed by atoms with E-state index in [2.05, 4.69) is 38.7 Å². The molecular formula is C24H31ClO5. The van der Waals surface area contributed by atoms with Crippen molar-refractivity contribution >= 4 is 11.6 Å². The minimum absolute atomic E-state index is 0.0186. The largest absolute Gasteiger partial charge is 0.393 e. The fourth-order valence-electron chi connectivity index (χ4n) is 8.67. The average molecular weight is 435 g/mol. The van der Waals surface area contributed by atoms with E-state index in [-0.39, 0.29) is 47.5 Å². The van der Waals surface area contributed by atoms with Crippen LogP contribution in [0.15, 0.2) is 29.5 Å². The Balaban J connectivity index is 1.48. The molecule has 0 aromatic carbocycles. The van der Waals surface area contributed by atoms with Crippen LogP contribution in [0.1, 0.15) is 40.0 Å². The third-order valence-corrected chi connectivity index (χ3v) is 10.1. The van der Waals surface area contributed by atoms with E-state index in [1.54, 1.807) is 0 Å². The molecule has 2 aliphatic heterocycles. The summed E-state index contributed by atoms with van der Waals surface area (Å²) in [5.41, 5.74) is 3.43. The van der Waals surface area contributed by atoms with Crippen LogP contribution < -0.4 is 0 Å². The fourth-order valence-corrected chi connectivity index (χ4v) is 9.16. The highest BCUT2D eigenvalue weighted by atomic mass is 35.5. The van der Waals surface area contributed by atoms with Gasteiger partial charge in [0.1, 0.15) is 12.2 Å². The number of aliphatic hydroxyl groups excluding tert-OH is 1. The molecule has 1 N–H and O–H groups in total. The summed E-state index contributed by atoms with van der Waals surface area (Å²) in [5.74, 6) is -0.131. The molecule has 2 spiro atoms. The SMILES string of the molecule is C[C@@H]1C[C@H]2[C@H]3[C@H]([C@@H](O)C[C@]2(C)[C@]12OCOC21COCO1)[C@@]1(C)C=C=CC=C1C[C@H]3Cl. The van der Waals surface area contributed by atoms with Crippen LogP contribution in [-0.2, 0) is 18.9 Å². The van der Waals surface area contributed by atoms with Gasteiger partial charge in [0, 0.05) is 22.1 Å². The number of alkyl halides is 1. The molecule has 0 aromatic heterocycles. The summed E-state index contributed by atoms with van der Waals surface area (Å²) in [5, 5.41) is 11.7. The van der Waals surface area contributed by atoms with Crippen LogP contribution in [0, 0.1) is 34.5 Å². The van der Waals surface area contributed by atoms with E-state index in [9.17, 15) is 5.11 Å². The van der Waals surface area contributed by atoms with E-state index in [0.29, 0.717) is 18.9 Å². The lowest BCUT2D eigenvalue weighted by Gasteiger charge is -2.61. The Bertz CT molecular complexity index is 852. The molecule has 1 unspecified atom stereocenters. The molecular weight excluding hydrogens is 404 g/mol. The minimum atomic E-state index is -0.901. The molecule has 0 bridgehead atoms. The smallest absolute Gasteiger partial charge is 0.227 e. The third-order valence-electron chi connectivity index (χ3n) is 9.69. The molecule has 2 saturated heterocycles. The maximum absolute atomic E-state index is 11.7. The highest BCUT2D eigenvalue weighted by Gasteiger charge is 2.79. The molecule has 5 fully saturated rings. The highest BCUT2D eigenvalue weighted by molar-refractivity contribution is 6.21. The zero-order chi connectivity index (χ0) is 20.9. The lowest BCUT2D eigenvalue weighted by atomic mass is 9.46. The molecule has 164 valence electrons. The lowest BCUT2D eigenvalue weighted by Crippen LogP contribution is -2.68. The monoisotopic (exact) mass is 434 g/mol. The van der Waals surface area contributed by atoms with Crippen molar-refractivity contribution < 1.29 is 24.1 Å². The van der Waals surface area contributed by atoms with Crippen molar-refractivity contribution in [2.45, 2.75) is 62.9 Å². The second kappa shape index (κ2) is 6.23. The van der Waals surface area contributed by atoms with Gasteiger partial charge in [-0.1, -0.05) is 32.4 Å². The fraction of sp³-hybridized carbons (Fsp3) is 0.792. The molecule has 0 radical (unpaired) electrons. The molecule has 6 aliphatic rings.